The highest BCUT2D eigenvalue weighted by atomic mass is 79.9. The highest BCUT2D eigenvalue weighted by Gasteiger charge is 2.21. The monoisotopic (exact) mass is 441 g/mol. The predicted molar refractivity (Wildman–Crippen MR) is 100 cm³/mol. The second-order valence-electron chi connectivity index (χ2n) is 5.54. The van der Waals surface area contributed by atoms with E-state index < -0.39 is 0 Å². The number of amides is 3. The van der Waals surface area contributed by atoms with Crippen molar-refractivity contribution in [1.82, 2.24) is 15.8 Å². The largest absolute Gasteiger partial charge is 0.338 e. The van der Waals surface area contributed by atoms with Gasteiger partial charge in [0, 0.05) is 30.8 Å². The minimum atomic E-state index is -0.384. The molecule has 0 saturated heterocycles. The van der Waals surface area contributed by atoms with Gasteiger partial charge in [-0.3, -0.25) is 25.2 Å². The molecule has 6 nitrogen and oxygen atoms in total. The van der Waals surface area contributed by atoms with E-state index in [1.165, 1.54) is 21.8 Å². The molecule has 3 rings (SSSR count). The van der Waals surface area contributed by atoms with E-state index in [2.05, 4.69) is 26.8 Å². The highest BCUT2D eigenvalue weighted by molar-refractivity contribution is 9.11. The summed E-state index contributed by atoms with van der Waals surface area (Å²) in [5.74, 6) is -0.803. The van der Waals surface area contributed by atoms with Gasteiger partial charge in [0.05, 0.1) is 8.66 Å². The van der Waals surface area contributed by atoms with Crippen molar-refractivity contribution in [2.45, 2.75) is 25.8 Å². The number of thiophene rings is 2. The van der Waals surface area contributed by atoms with Crippen LogP contribution in [-0.4, -0.2) is 29.2 Å². The van der Waals surface area contributed by atoms with Gasteiger partial charge in [0.15, 0.2) is 0 Å². The number of carbonyl (C=O) groups excluding carboxylic acids is 3. The molecule has 9 heteroatoms. The second-order valence-corrected chi connectivity index (χ2v) is 9.00. The molecule has 0 radical (unpaired) electrons. The van der Waals surface area contributed by atoms with Crippen LogP contribution in [0.4, 0.5) is 0 Å². The molecule has 0 atom stereocenters. The van der Waals surface area contributed by atoms with Gasteiger partial charge in [-0.05, 0) is 51.5 Å². The molecule has 132 valence electrons. The zero-order valence-electron chi connectivity index (χ0n) is 13.2. The molecule has 0 saturated carbocycles. The molecule has 0 aliphatic carbocycles. The fraction of sp³-hybridized carbons (Fsp3) is 0.312. The zero-order chi connectivity index (χ0) is 17.8. The fourth-order valence-electron chi connectivity index (χ4n) is 2.53. The molecular weight excluding hydrogens is 426 g/mol. The van der Waals surface area contributed by atoms with Crippen LogP contribution in [0.1, 0.15) is 33.0 Å². The number of hydrogen-bond acceptors (Lipinski definition) is 5. The summed E-state index contributed by atoms with van der Waals surface area (Å²) in [5, 5.41) is 2.04. The minimum Gasteiger partial charge on any atom is -0.338 e. The van der Waals surface area contributed by atoms with Crippen molar-refractivity contribution >= 4 is 56.3 Å². The summed E-state index contributed by atoms with van der Waals surface area (Å²) in [6.45, 7) is 1.31. The lowest BCUT2D eigenvalue weighted by molar-refractivity contribution is -0.134. The van der Waals surface area contributed by atoms with Crippen molar-refractivity contribution in [2.24, 2.45) is 0 Å². The molecule has 0 bridgehead atoms. The molecule has 0 spiro atoms. The molecule has 1 aliphatic rings. The smallest absolute Gasteiger partial charge is 0.279 e. The lowest BCUT2D eigenvalue weighted by Gasteiger charge is -2.27. The average Bonchev–Trinajstić information content (AvgIpc) is 3.25. The van der Waals surface area contributed by atoms with E-state index in [1.807, 2.05) is 11.4 Å². The maximum absolute atomic E-state index is 12.3. The standard InChI is InChI=1S/C16H16BrN3O3S2/c17-13-2-1-12(25-13)16(23)19-18-14(21)3-4-15(22)20-7-5-11-10(9-20)6-8-24-11/h1-2,6,8H,3-5,7,9H2,(H,18,21)(H,19,23). The van der Waals surface area contributed by atoms with E-state index in [-0.39, 0.29) is 30.6 Å². The summed E-state index contributed by atoms with van der Waals surface area (Å²) in [5.41, 5.74) is 5.89. The molecular formula is C16H16BrN3O3S2. The van der Waals surface area contributed by atoms with Gasteiger partial charge in [0.2, 0.25) is 11.8 Å². The van der Waals surface area contributed by atoms with E-state index in [0.717, 1.165) is 10.2 Å². The first-order chi connectivity index (χ1) is 12.0. The topological polar surface area (TPSA) is 78.5 Å². The SMILES string of the molecule is O=C(CCC(=O)N1CCc2sccc2C1)NNC(=O)c1ccc(Br)s1. The first kappa shape index (κ1) is 18.1. The van der Waals surface area contributed by atoms with Gasteiger partial charge in [0.25, 0.3) is 5.91 Å². The Labute approximate surface area is 161 Å². The van der Waals surface area contributed by atoms with Crippen LogP contribution in [0.5, 0.6) is 0 Å². The van der Waals surface area contributed by atoms with Gasteiger partial charge in [-0.2, -0.15) is 0 Å². The van der Waals surface area contributed by atoms with Crippen molar-refractivity contribution in [3.05, 3.63) is 42.7 Å². The van der Waals surface area contributed by atoms with Crippen LogP contribution >= 0.6 is 38.6 Å². The number of halogens is 1. The molecule has 0 aromatic carbocycles. The first-order valence-electron chi connectivity index (χ1n) is 7.70. The molecule has 1 aliphatic heterocycles. The van der Waals surface area contributed by atoms with Crippen molar-refractivity contribution in [3.63, 3.8) is 0 Å². The highest BCUT2D eigenvalue weighted by Crippen LogP contribution is 2.24. The third kappa shape index (κ3) is 4.68. The summed E-state index contributed by atoms with van der Waals surface area (Å²) in [7, 11) is 0. The van der Waals surface area contributed by atoms with E-state index in [9.17, 15) is 14.4 Å². The quantitative estimate of drug-likeness (QED) is 0.715. The molecule has 2 aromatic heterocycles. The number of nitrogens with zero attached hydrogens (tertiary/aromatic N) is 1. The van der Waals surface area contributed by atoms with Crippen LogP contribution in [0.3, 0.4) is 0 Å². The number of hydrogen-bond donors (Lipinski definition) is 2. The molecule has 3 amide bonds. The van der Waals surface area contributed by atoms with Crippen molar-refractivity contribution in [1.29, 1.82) is 0 Å². The summed E-state index contributed by atoms with van der Waals surface area (Å²) in [6.07, 6.45) is 1.04. The predicted octanol–water partition coefficient (Wildman–Crippen LogP) is 2.70. The molecule has 25 heavy (non-hydrogen) atoms. The van der Waals surface area contributed by atoms with Crippen LogP contribution in [0, 0.1) is 0 Å². The normalized spacial score (nSPS) is 13.2. The summed E-state index contributed by atoms with van der Waals surface area (Å²) in [4.78, 5) is 39.5. The third-order valence-electron chi connectivity index (χ3n) is 3.84. The summed E-state index contributed by atoms with van der Waals surface area (Å²) >= 11 is 6.27. The Morgan fingerprint density at radius 3 is 2.76 bits per heavy atom. The van der Waals surface area contributed by atoms with Crippen LogP contribution in [0.15, 0.2) is 27.4 Å². The first-order valence-corrected chi connectivity index (χ1v) is 10.2. The molecule has 2 N–H and O–H groups in total. The van der Waals surface area contributed by atoms with E-state index in [4.69, 9.17) is 0 Å². The van der Waals surface area contributed by atoms with Gasteiger partial charge >= 0.3 is 0 Å². The Balaban J connectivity index is 1.40. The zero-order valence-corrected chi connectivity index (χ0v) is 16.4. The van der Waals surface area contributed by atoms with E-state index >= 15 is 0 Å². The maximum Gasteiger partial charge on any atom is 0.279 e. The van der Waals surface area contributed by atoms with Crippen LogP contribution < -0.4 is 10.9 Å². The average molecular weight is 442 g/mol. The Morgan fingerprint density at radius 2 is 2.00 bits per heavy atom. The van der Waals surface area contributed by atoms with Crippen LogP contribution in [0.2, 0.25) is 0 Å². The van der Waals surface area contributed by atoms with E-state index in [0.29, 0.717) is 18.0 Å². The Kier molecular flexibility index (Phi) is 5.87. The Bertz CT molecular complexity index is 802. The lowest BCUT2D eigenvalue weighted by Crippen LogP contribution is -2.42. The number of nitrogens with one attached hydrogen (secondary N) is 2. The van der Waals surface area contributed by atoms with Crippen LogP contribution in [0.25, 0.3) is 0 Å². The van der Waals surface area contributed by atoms with Gasteiger partial charge in [-0.1, -0.05) is 0 Å². The number of carbonyl (C=O) groups is 3. The summed E-state index contributed by atoms with van der Waals surface area (Å²) < 4.78 is 0.838. The third-order valence-corrected chi connectivity index (χ3v) is 6.48. The number of hydrazine groups is 1. The Morgan fingerprint density at radius 1 is 1.16 bits per heavy atom. The van der Waals surface area contributed by atoms with Crippen molar-refractivity contribution < 1.29 is 14.4 Å². The molecule has 3 heterocycles. The van der Waals surface area contributed by atoms with Crippen molar-refractivity contribution in [2.75, 3.05) is 6.54 Å². The molecule has 2 aromatic rings. The second kappa shape index (κ2) is 8.11. The molecule has 0 unspecified atom stereocenters. The summed E-state index contributed by atoms with van der Waals surface area (Å²) in [6, 6.07) is 5.47. The van der Waals surface area contributed by atoms with E-state index in [1.54, 1.807) is 28.4 Å². The van der Waals surface area contributed by atoms with Crippen molar-refractivity contribution in [3.8, 4) is 0 Å². The van der Waals surface area contributed by atoms with Gasteiger partial charge < -0.3 is 4.90 Å². The fourth-order valence-corrected chi connectivity index (χ4v) is 4.70. The Hall–Kier alpha value is -1.71. The van der Waals surface area contributed by atoms with Gasteiger partial charge in [-0.25, -0.2) is 0 Å². The maximum atomic E-state index is 12.3. The molecule has 0 fully saturated rings. The van der Waals surface area contributed by atoms with Crippen LogP contribution in [-0.2, 0) is 22.6 Å². The minimum absolute atomic E-state index is 0.0412. The lowest BCUT2D eigenvalue weighted by atomic mass is 10.1. The number of rotatable bonds is 4. The van der Waals surface area contributed by atoms with Gasteiger partial charge in [-0.15, -0.1) is 22.7 Å². The van der Waals surface area contributed by atoms with Gasteiger partial charge in [0.1, 0.15) is 0 Å². The number of fused-ring (bicyclic) bond motifs is 1.